The van der Waals surface area contributed by atoms with Gasteiger partial charge in [0.05, 0.1) is 30.9 Å². The van der Waals surface area contributed by atoms with Gasteiger partial charge in [0.15, 0.2) is 12.8 Å². The molecule has 1 fully saturated rings. The standard InChI is InChI=1S/C80H114N16O26S3/c1-9-15-66(104)121-43-96(74(110)67(45(5)10-2)92-72(109)60-17-12-14-29-95(60)8)61(44(3)4)37-62(122-47(7)97)73-89-58(40-123-73)71(108)85-51(33-48-22-24-53(98)25-23-48)32-46(6)68(105)93-94-80(119)120-30-31-124-125-41-59(77(115)116)88-69(106)56(35-52-39-81-42-84-52)87-70(107)57(36-65(102)103)86-63(99)34-49-18-20-50(21-19-49)38-83-78(117)82-28-13-11-16-54(75(111)112)90-79(118)91-55(76(113)114)26-27-64(100)101/h18-25,39-40,42,44-46,51,54-57,59-62,67,98H,9-17,26-38,41,43H2,1-8H3,(H,81,84)(H,85,108)(H,86,99)(H,87,107)(H,88,106)(H,92,109)(H,93,105)(H,94,119)(H,100,101)(H,102,103)(H,111,112)(H,113,114)(H,115,116)(H2,82,83,117)(H2,90,91,118)/t45?,46-,51+,54-,55-,56-,57-,59-,60+,61+,62+,67-/m0/s1. The summed E-state index contributed by atoms with van der Waals surface area (Å²) in [6.45, 7) is 12.0. The number of imidazole rings is 1. The average Bonchev–Trinajstić information content (AvgIpc) is 1.76. The number of phenolic OH excluding ortho intramolecular Hbond substituents is 1. The monoisotopic (exact) mass is 1810 g/mol. The molecule has 12 atom stereocenters. The van der Waals surface area contributed by atoms with E-state index in [-0.39, 0.29) is 129 Å². The Kier molecular flexibility index (Phi) is 44.8. The number of aromatic nitrogens is 3. The van der Waals surface area contributed by atoms with Gasteiger partial charge in [-0.15, -0.1) is 11.3 Å². The fourth-order valence-electron chi connectivity index (χ4n) is 12.9. The summed E-state index contributed by atoms with van der Waals surface area (Å²) in [5.41, 5.74) is 6.23. The van der Waals surface area contributed by atoms with Crippen LogP contribution in [0, 0.1) is 17.8 Å². The summed E-state index contributed by atoms with van der Waals surface area (Å²) in [5.74, 6) is -15.5. The number of esters is 2. The zero-order valence-electron chi connectivity index (χ0n) is 70.7. The maximum atomic E-state index is 15.0. The molecule has 688 valence electrons. The van der Waals surface area contributed by atoms with E-state index in [1.165, 1.54) is 60.9 Å². The molecule has 0 bridgehead atoms. The summed E-state index contributed by atoms with van der Waals surface area (Å²) in [6.07, 6.45) is 1.68. The minimum absolute atomic E-state index is 0.00695. The summed E-state index contributed by atoms with van der Waals surface area (Å²) in [7, 11) is 3.87. The van der Waals surface area contributed by atoms with Crippen LogP contribution in [-0.2, 0) is 102 Å². The van der Waals surface area contributed by atoms with Crippen LogP contribution in [0.4, 0.5) is 14.4 Å². The Bertz CT molecular complexity index is 4280. The number of nitrogens with zero attached hydrogens (tertiary/aromatic N) is 4. The highest BCUT2D eigenvalue weighted by Gasteiger charge is 2.41. The van der Waals surface area contributed by atoms with E-state index in [4.69, 9.17) is 19.3 Å². The Labute approximate surface area is 733 Å². The topological polar surface area (TPSA) is 620 Å². The number of amides is 12. The first-order valence-electron chi connectivity index (χ1n) is 40.7. The first-order chi connectivity index (χ1) is 59.3. The third-order valence-corrected chi connectivity index (χ3v) is 23.2. The maximum absolute atomic E-state index is 15.0. The van der Waals surface area contributed by atoms with Gasteiger partial charge in [-0.1, -0.05) is 112 Å². The Hall–Kier alpha value is -11.9. The third kappa shape index (κ3) is 38.0. The molecule has 5 rings (SSSR count). The number of phenols is 1. The number of carboxylic acids is 5. The number of hydrogen-bond acceptors (Lipinski definition) is 27. The van der Waals surface area contributed by atoms with Gasteiger partial charge in [0.2, 0.25) is 35.4 Å². The molecular weight excluding hydrogens is 1700 g/mol. The number of aliphatic carboxylic acids is 5. The highest BCUT2D eigenvalue weighted by atomic mass is 33.1. The summed E-state index contributed by atoms with van der Waals surface area (Å²) < 4.78 is 16.8. The van der Waals surface area contributed by atoms with E-state index in [9.17, 15) is 102 Å². The van der Waals surface area contributed by atoms with Crippen molar-refractivity contribution < 1.29 is 126 Å². The second-order valence-electron chi connectivity index (χ2n) is 30.2. The van der Waals surface area contributed by atoms with Crippen LogP contribution in [0.1, 0.15) is 182 Å². The van der Waals surface area contributed by atoms with Gasteiger partial charge in [0.25, 0.3) is 5.91 Å². The fourth-order valence-corrected chi connectivity index (χ4v) is 15.7. The minimum atomic E-state index is -1.75. The molecule has 0 saturated carbocycles. The van der Waals surface area contributed by atoms with Gasteiger partial charge in [0, 0.05) is 86.8 Å². The van der Waals surface area contributed by atoms with E-state index < -0.39 is 188 Å². The fraction of sp³-hybridized carbons (Fsp3) is 0.562. The number of H-pyrrole nitrogens is 1. The minimum Gasteiger partial charge on any atom is -0.508 e. The molecule has 1 saturated heterocycles. The number of rotatable bonds is 54. The normalized spacial score (nSPS) is 15.2. The van der Waals surface area contributed by atoms with Crippen LogP contribution >= 0.6 is 32.9 Å². The van der Waals surface area contributed by atoms with Crippen LogP contribution in [0.25, 0.3) is 0 Å². The van der Waals surface area contributed by atoms with Crippen LogP contribution in [-0.4, -0.2) is 256 Å². The molecule has 12 amide bonds. The second-order valence-corrected chi connectivity index (χ2v) is 33.7. The van der Waals surface area contributed by atoms with Gasteiger partial charge in [-0.25, -0.2) is 44.2 Å². The van der Waals surface area contributed by atoms with Crippen LogP contribution in [0.5, 0.6) is 5.75 Å². The number of aromatic hydroxyl groups is 1. The van der Waals surface area contributed by atoms with E-state index in [1.807, 2.05) is 45.0 Å². The summed E-state index contributed by atoms with van der Waals surface area (Å²) in [5, 5.41) is 81.8. The van der Waals surface area contributed by atoms with E-state index in [0.717, 1.165) is 45.8 Å². The number of unbranched alkanes of at least 4 members (excludes halogenated alkanes) is 1. The van der Waals surface area contributed by atoms with Gasteiger partial charge in [-0.3, -0.25) is 63.1 Å². The molecule has 0 aliphatic carbocycles. The van der Waals surface area contributed by atoms with Crippen molar-refractivity contribution in [3.8, 4) is 5.75 Å². The molecule has 3 heterocycles. The van der Waals surface area contributed by atoms with Gasteiger partial charge < -0.3 is 103 Å². The number of thiazole rings is 1. The van der Waals surface area contributed by atoms with Crippen molar-refractivity contribution in [1.82, 2.24) is 83.5 Å². The summed E-state index contributed by atoms with van der Waals surface area (Å²) in [6, 6.07) is -0.340. The number of hydrogen-bond donors (Lipinski definition) is 18. The van der Waals surface area contributed by atoms with E-state index >= 15 is 4.79 Å². The number of carboxylic acid groups (broad SMARTS) is 5. The lowest BCUT2D eigenvalue weighted by Gasteiger charge is -2.39. The van der Waals surface area contributed by atoms with Crippen molar-refractivity contribution in [3.63, 3.8) is 0 Å². The van der Waals surface area contributed by atoms with Crippen LogP contribution in [0.15, 0.2) is 66.4 Å². The van der Waals surface area contributed by atoms with Gasteiger partial charge in [-0.05, 0) is 112 Å². The maximum Gasteiger partial charge on any atom is 0.426 e. The highest BCUT2D eigenvalue weighted by molar-refractivity contribution is 8.76. The lowest BCUT2D eigenvalue weighted by Crippen LogP contribution is -2.59. The molecule has 0 spiro atoms. The predicted octanol–water partition coefficient (Wildman–Crippen LogP) is 3.78. The molecule has 18 N–H and O–H groups in total. The van der Waals surface area contributed by atoms with Crippen molar-refractivity contribution in [2.45, 2.75) is 225 Å². The predicted molar refractivity (Wildman–Crippen MR) is 452 cm³/mol. The molecule has 1 aliphatic heterocycles. The lowest BCUT2D eigenvalue weighted by atomic mass is 9.92. The molecule has 42 nitrogen and oxygen atoms in total. The molecule has 2 aromatic carbocycles. The highest BCUT2D eigenvalue weighted by Crippen LogP contribution is 2.33. The first kappa shape index (κ1) is 104. The molecule has 45 heteroatoms. The van der Waals surface area contributed by atoms with Crippen LogP contribution in [0.3, 0.4) is 0 Å². The molecular formula is C80H114N16O26S3. The molecule has 1 unspecified atom stereocenters. The largest absolute Gasteiger partial charge is 0.508 e. The van der Waals surface area contributed by atoms with Crippen LogP contribution in [0.2, 0.25) is 0 Å². The van der Waals surface area contributed by atoms with Crippen molar-refractivity contribution in [2.75, 3.05) is 45.0 Å². The number of urea groups is 2. The zero-order chi connectivity index (χ0) is 92.4. The number of carbonyl (C=O) groups is 17. The zero-order valence-corrected chi connectivity index (χ0v) is 73.1. The van der Waals surface area contributed by atoms with Crippen molar-refractivity contribution in [3.05, 3.63) is 99.5 Å². The molecule has 1 aliphatic rings. The van der Waals surface area contributed by atoms with Gasteiger partial charge >= 0.3 is 59.9 Å². The number of aromatic amines is 1. The number of ether oxygens (including phenoxy) is 3. The summed E-state index contributed by atoms with van der Waals surface area (Å²) >= 11 is 1.01. The molecule has 4 aromatic rings. The van der Waals surface area contributed by atoms with Gasteiger partial charge in [0.1, 0.15) is 59.3 Å². The SMILES string of the molecule is CCCC(=O)OCN(C(=O)[C@@H](NC(=O)[C@H]1CCCCN1C)C(C)CC)[C@H](C[C@@H](OC(C)=O)c1nc(C(=O)N[C@@H](Cc2ccc(O)cc2)C[C@H](C)C(=O)NNC(=O)OCCSSC[C@H](NC(=O)[C@H](Cc2c[nH]cn2)NC(=O)[C@H](CC(=O)O)NC(=O)Cc2ccc(CNC(=O)NCCCC[C@H](NC(=O)N[C@@H](CCC(=O)O)C(=O)O)C(=O)O)cc2)C(=O)O)cs1)C(C)C. The Morgan fingerprint density at radius 2 is 1.33 bits per heavy atom. The second kappa shape index (κ2) is 54.0. The number of piperidine rings is 1. The molecule has 0 radical (unpaired) electrons. The number of benzene rings is 2. The first-order valence-corrected chi connectivity index (χ1v) is 44.0. The number of likely N-dealkylation sites (tertiary alicyclic amines) is 1. The quantitative estimate of drug-likeness (QED) is 0.00747. The van der Waals surface area contributed by atoms with Crippen molar-refractivity contribution in [1.29, 1.82) is 0 Å². The van der Waals surface area contributed by atoms with E-state index in [0.29, 0.717) is 42.5 Å². The van der Waals surface area contributed by atoms with Crippen molar-refractivity contribution in [2.24, 2.45) is 17.8 Å². The Morgan fingerprint density at radius 1 is 0.672 bits per heavy atom. The van der Waals surface area contributed by atoms with Gasteiger partial charge in [-0.2, -0.15) is 0 Å². The number of carbonyl (C=O) groups excluding carboxylic acids is 12. The van der Waals surface area contributed by atoms with Crippen molar-refractivity contribution >= 4 is 134 Å². The Balaban J connectivity index is 1.11. The Morgan fingerprint density at radius 3 is 1.94 bits per heavy atom. The van der Waals surface area contributed by atoms with E-state index in [2.05, 4.69) is 68.3 Å². The number of likely N-dealkylation sites (N-methyl/N-ethyl adjacent to an activating group) is 1. The number of nitrogens with one attached hydrogen (secondary N) is 12. The summed E-state index contributed by atoms with van der Waals surface area (Å²) in [4.78, 5) is 235. The van der Waals surface area contributed by atoms with Crippen LogP contribution < -0.4 is 58.7 Å². The molecule has 125 heavy (non-hydrogen) atoms. The third-order valence-electron chi connectivity index (χ3n) is 19.9. The van der Waals surface area contributed by atoms with E-state index in [1.54, 1.807) is 31.2 Å². The smallest absolute Gasteiger partial charge is 0.426 e. The average molecular weight is 1810 g/mol. The number of hydrazine groups is 1. The lowest BCUT2D eigenvalue weighted by molar-refractivity contribution is -0.161. The molecule has 2 aromatic heterocycles.